The number of methoxy groups -OCH3 is 1. The van der Waals surface area contributed by atoms with Gasteiger partial charge in [0.15, 0.2) is 0 Å². The highest BCUT2D eigenvalue weighted by molar-refractivity contribution is 5.61. The molecule has 0 spiro atoms. The summed E-state index contributed by atoms with van der Waals surface area (Å²) < 4.78 is 5.19. The average Bonchev–Trinajstić information content (AvgIpc) is 2.27. The van der Waals surface area contributed by atoms with Crippen molar-refractivity contribution in [3.8, 4) is 5.75 Å². The summed E-state index contributed by atoms with van der Waals surface area (Å²) in [6.45, 7) is 0.672. The third-order valence-corrected chi connectivity index (χ3v) is 2.69. The zero-order chi connectivity index (χ0) is 9.97. The SMILES string of the molecule is COc1ccc2c(c1)CCC(CN)=C2. The summed E-state index contributed by atoms with van der Waals surface area (Å²) in [6.07, 6.45) is 4.35. The van der Waals surface area contributed by atoms with E-state index in [1.165, 1.54) is 16.7 Å². The molecule has 0 atom stereocenters. The topological polar surface area (TPSA) is 35.2 Å². The van der Waals surface area contributed by atoms with Gasteiger partial charge in [-0.3, -0.25) is 0 Å². The first-order valence-corrected chi connectivity index (χ1v) is 4.90. The highest BCUT2D eigenvalue weighted by Gasteiger charge is 2.09. The zero-order valence-electron chi connectivity index (χ0n) is 8.42. The molecule has 0 aliphatic heterocycles. The molecule has 1 aromatic rings. The van der Waals surface area contributed by atoms with E-state index in [1.54, 1.807) is 7.11 Å². The molecule has 0 unspecified atom stereocenters. The van der Waals surface area contributed by atoms with Gasteiger partial charge in [-0.2, -0.15) is 0 Å². The van der Waals surface area contributed by atoms with Crippen LogP contribution in [0.1, 0.15) is 17.5 Å². The molecule has 2 heteroatoms. The van der Waals surface area contributed by atoms with E-state index >= 15 is 0 Å². The standard InChI is InChI=1S/C12H15NO/c1-14-12-5-4-10-6-9(8-13)2-3-11(10)7-12/h4-7H,2-3,8,13H2,1H3. The molecule has 0 aromatic heterocycles. The van der Waals surface area contributed by atoms with E-state index < -0.39 is 0 Å². The molecule has 0 amide bonds. The van der Waals surface area contributed by atoms with E-state index in [0.717, 1.165) is 18.6 Å². The second-order valence-electron chi connectivity index (χ2n) is 3.57. The van der Waals surface area contributed by atoms with Crippen LogP contribution in [0.25, 0.3) is 6.08 Å². The second kappa shape index (κ2) is 3.84. The fourth-order valence-corrected chi connectivity index (χ4v) is 1.81. The van der Waals surface area contributed by atoms with Gasteiger partial charge in [0.1, 0.15) is 5.75 Å². The largest absolute Gasteiger partial charge is 0.497 e. The van der Waals surface area contributed by atoms with Crippen LogP contribution in [0.3, 0.4) is 0 Å². The minimum absolute atomic E-state index is 0.672. The fourth-order valence-electron chi connectivity index (χ4n) is 1.81. The summed E-state index contributed by atoms with van der Waals surface area (Å²) in [4.78, 5) is 0. The Hall–Kier alpha value is -1.28. The molecule has 1 aliphatic carbocycles. The van der Waals surface area contributed by atoms with Gasteiger partial charge in [-0.1, -0.05) is 17.7 Å². The molecule has 0 radical (unpaired) electrons. The van der Waals surface area contributed by atoms with Gasteiger partial charge in [0.25, 0.3) is 0 Å². The van der Waals surface area contributed by atoms with Crippen LogP contribution in [0.15, 0.2) is 23.8 Å². The molecule has 0 saturated heterocycles. The molecule has 0 saturated carbocycles. The van der Waals surface area contributed by atoms with E-state index in [4.69, 9.17) is 10.5 Å². The van der Waals surface area contributed by atoms with Crippen LogP contribution in [-0.4, -0.2) is 13.7 Å². The van der Waals surface area contributed by atoms with Crippen molar-refractivity contribution in [1.29, 1.82) is 0 Å². The molecule has 14 heavy (non-hydrogen) atoms. The van der Waals surface area contributed by atoms with Gasteiger partial charge in [0, 0.05) is 6.54 Å². The van der Waals surface area contributed by atoms with Crippen LogP contribution in [0.2, 0.25) is 0 Å². The lowest BCUT2D eigenvalue weighted by molar-refractivity contribution is 0.414. The van der Waals surface area contributed by atoms with Gasteiger partial charge < -0.3 is 10.5 Å². The summed E-state index contributed by atoms with van der Waals surface area (Å²) in [6, 6.07) is 6.21. The van der Waals surface area contributed by atoms with Crippen molar-refractivity contribution in [1.82, 2.24) is 0 Å². The van der Waals surface area contributed by atoms with Crippen molar-refractivity contribution < 1.29 is 4.74 Å². The third kappa shape index (κ3) is 1.66. The van der Waals surface area contributed by atoms with Crippen LogP contribution in [0.5, 0.6) is 5.75 Å². The minimum atomic E-state index is 0.672. The van der Waals surface area contributed by atoms with Crippen molar-refractivity contribution in [3.05, 3.63) is 34.9 Å². The van der Waals surface area contributed by atoms with Gasteiger partial charge in [-0.05, 0) is 36.1 Å². The second-order valence-corrected chi connectivity index (χ2v) is 3.57. The number of benzene rings is 1. The molecule has 2 rings (SSSR count). The predicted molar refractivity (Wildman–Crippen MR) is 58.3 cm³/mol. The predicted octanol–water partition coefficient (Wildman–Crippen LogP) is 1.98. The summed E-state index contributed by atoms with van der Waals surface area (Å²) in [7, 11) is 1.70. The Bertz CT molecular complexity index is 369. The maximum absolute atomic E-state index is 5.62. The van der Waals surface area contributed by atoms with Crippen LogP contribution < -0.4 is 10.5 Å². The third-order valence-electron chi connectivity index (χ3n) is 2.69. The minimum Gasteiger partial charge on any atom is -0.497 e. The van der Waals surface area contributed by atoms with E-state index in [2.05, 4.69) is 18.2 Å². The molecule has 2 nitrogen and oxygen atoms in total. The summed E-state index contributed by atoms with van der Waals surface area (Å²) in [5.41, 5.74) is 9.61. The smallest absolute Gasteiger partial charge is 0.119 e. The summed E-state index contributed by atoms with van der Waals surface area (Å²) >= 11 is 0. The number of hydrogen-bond acceptors (Lipinski definition) is 2. The first-order valence-electron chi connectivity index (χ1n) is 4.90. The van der Waals surface area contributed by atoms with Crippen LogP contribution in [0.4, 0.5) is 0 Å². The number of rotatable bonds is 2. The van der Waals surface area contributed by atoms with Crippen molar-refractivity contribution in [2.45, 2.75) is 12.8 Å². The highest BCUT2D eigenvalue weighted by atomic mass is 16.5. The molecule has 74 valence electrons. The monoisotopic (exact) mass is 189 g/mol. The molecule has 1 aromatic carbocycles. The fraction of sp³-hybridized carbons (Fsp3) is 0.333. The van der Waals surface area contributed by atoms with Crippen LogP contribution in [0, 0.1) is 0 Å². The molecular formula is C12H15NO. The molecule has 0 fully saturated rings. The van der Waals surface area contributed by atoms with E-state index in [9.17, 15) is 0 Å². The van der Waals surface area contributed by atoms with E-state index in [1.807, 2.05) is 6.07 Å². The first kappa shape index (κ1) is 9.28. The molecule has 0 bridgehead atoms. The molecule has 2 N–H and O–H groups in total. The number of ether oxygens (including phenoxy) is 1. The number of nitrogens with two attached hydrogens (primary N) is 1. The van der Waals surface area contributed by atoms with Crippen molar-refractivity contribution in [2.24, 2.45) is 5.73 Å². The summed E-state index contributed by atoms with van der Waals surface area (Å²) in [5, 5.41) is 0. The van der Waals surface area contributed by atoms with Crippen molar-refractivity contribution in [3.63, 3.8) is 0 Å². The number of aryl methyl sites for hydroxylation is 1. The average molecular weight is 189 g/mol. The Balaban J connectivity index is 2.37. The Labute approximate surface area is 84.4 Å². The normalized spacial score (nSPS) is 14.6. The maximum atomic E-state index is 5.62. The lowest BCUT2D eigenvalue weighted by atomic mass is 9.92. The van der Waals surface area contributed by atoms with Gasteiger partial charge in [-0.25, -0.2) is 0 Å². The number of fused-ring (bicyclic) bond motifs is 1. The van der Waals surface area contributed by atoms with Gasteiger partial charge in [0.2, 0.25) is 0 Å². The Morgan fingerprint density at radius 3 is 2.93 bits per heavy atom. The Morgan fingerprint density at radius 1 is 1.36 bits per heavy atom. The zero-order valence-corrected chi connectivity index (χ0v) is 8.42. The van der Waals surface area contributed by atoms with Crippen molar-refractivity contribution >= 4 is 6.08 Å². The van der Waals surface area contributed by atoms with E-state index in [-0.39, 0.29) is 0 Å². The molecule has 0 heterocycles. The van der Waals surface area contributed by atoms with Gasteiger partial charge in [0.05, 0.1) is 7.11 Å². The molecular weight excluding hydrogens is 174 g/mol. The molecule has 1 aliphatic rings. The van der Waals surface area contributed by atoms with Crippen LogP contribution in [-0.2, 0) is 6.42 Å². The van der Waals surface area contributed by atoms with Crippen molar-refractivity contribution in [2.75, 3.05) is 13.7 Å². The summed E-state index contributed by atoms with van der Waals surface area (Å²) in [5.74, 6) is 0.938. The van der Waals surface area contributed by atoms with Crippen LogP contribution >= 0.6 is 0 Å². The van der Waals surface area contributed by atoms with Gasteiger partial charge in [-0.15, -0.1) is 0 Å². The van der Waals surface area contributed by atoms with Gasteiger partial charge >= 0.3 is 0 Å². The Morgan fingerprint density at radius 2 is 2.21 bits per heavy atom. The highest BCUT2D eigenvalue weighted by Crippen LogP contribution is 2.26. The number of hydrogen-bond donors (Lipinski definition) is 1. The van der Waals surface area contributed by atoms with E-state index in [0.29, 0.717) is 6.54 Å². The Kier molecular flexibility index (Phi) is 2.55. The first-order chi connectivity index (χ1) is 6.83. The lowest BCUT2D eigenvalue weighted by Gasteiger charge is -2.16. The maximum Gasteiger partial charge on any atom is 0.119 e. The quantitative estimate of drug-likeness (QED) is 0.772. The lowest BCUT2D eigenvalue weighted by Crippen LogP contribution is -2.08.